The van der Waals surface area contributed by atoms with Gasteiger partial charge in [-0.05, 0) is 84.5 Å². The second kappa shape index (κ2) is 6.53. The van der Waals surface area contributed by atoms with Crippen LogP contribution in [0.4, 0.5) is 0 Å². The molecule has 4 heteroatoms. The summed E-state index contributed by atoms with van der Waals surface area (Å²) >= 11 is 8.87. The van der Waals surface area contributed by atoms with Gasteiger partial charge in [-0.3, -0.25) is 0 Å². The number of halogens is 2. The predicted octanol–water partition coefficient (Wildman–Crippen LogP) is 4.98. The van der Waals surface area contributed by atoms with E-state index in [0.717, 1.165) is 6.54 Å². The molecule has 0 amide bonds. The molecule has 16 heavy (non-hydrogen) atoms. The highest BCUT2D eigenvalue weighted by Gasteiger charge is 2.07. The molecule has 1 heterocycles. The molecule has 0 unspecified atom stereocenters. The van der Waals surface area contributed by atoms with Gasteiger partial charge in [0.1, 0.15) is 0 Å². The molecule has 0 aliphatic carbocycles. The van der Waals surface area contributed by atoms with Gasteiger partial charge < -0.3 is 5.32 Å². The van der Waals surface area contributed by atoms with Crippen LogP contribution in [0.15, 0.2) is 14.3 Å². The van der Waals surface area contributed by atoms with Crippen molar-refractivity contribution in [3.8, 4) is 0 Å². The van der Waals surface area contributed by atoms with Gasteiger partial charge in [-0.1, -0.05) is 0 Å². The molecule has 0 aliphatic heterocycles. The number of nitrogens with one attached hydrogen (secondary N) is 1. The van der Waals surface area contributed by atoms with Crippen LogP contribution in [-0.4, -0.2) is 12.1 Å². The summed E-state index contributed by atoms with van der Waals surface area (Å²) < 4.78 is 2.38. The monoisotopic (exact) mass is 367 g/mol. The lowest BCUT2D eigenvalue weighted by atomic mass is 10.1. The first-order chi connectivity index (χ1) is 7.38. The van der Waals surface area contributed by atoms with Gasteiger partial charge in [0.15, 0.2) is 0 Å². The Morgan fingerprint density at radius 3 is 2.44 bits per heavy atom. The molecule has 1 aromatic rings. The highest BCUT2D eigenvalue weighted by molar-refractivity contribution is 9.13. The molecule has 0 aromatic carbocycles. The zero-order chi connectivity index (χ0) is 12.2. The van der Waals surface area contributed by atoms with E-state index in [1.807, 2.05) is 11.3 Å². The van der Waals surface area contributed by atoms with Gasteiger partial charge in [0.05, 0.1) is 3.79 Å². The molecule has 0 aliphatic rings. The van der Waals surface area contributed by atoms with E-state index in [2.05, 4.69) is 64.0 Å². The molecule has 1 N–H and O–H groups in total. The molecule has 0 radical (unpaired) electrons. The van der Waals surface area contributed by atoms with E-state index in [-0.39, 0.29) is 5.54 Å². The van der Waals surface area contributed by atoms with Crippen molar-refractivity contribution in [3.05, 3.63) is 19.2 Å². The Bertz CT molecular complexity index is 309. The van der Waals surface area contributed by atoms with E-state index in [0.29, 0.717) is 0 Å². The normalized spacial score (nSPS) is 12.1. The van der Waals surface area contributed by atoms with Crippen LogP contribution in [0.5, 0.6) is 0 Å². The van der Waals surface area contributed by atoms with Crippen molar-refractivity contribution in [2.45, 2.75) is 45.6 Å². The van der Waals surface area contributed by atoms with Crippen molar-refractivity contribution >= 4 is 43.2 Å². The predicted molar refractivity (Wildman–Crippen MR) is 80.4 cm³/mol. The molecule has 0 spiro atoms. The number of hydrogen-bond donors (Lipinski definition) is 1. The smallest absolute Gasteiger partial charge is 0.0843 e. The number of thiophene rings is 1. The summed E-state index contributed by atoms with van der Waals surface area (Å²) in [5.41, 5.74) is 0.245. The first-order valence-corrected chi connectivity index (χ1v) is 7.97. The fraction of sp³-hybridized carbons (Fsp3) is 0.667. The lowest BCUT2D eigenvalue weighted by Gasteiger charge is -2.20. The highest BCUT2D eigenvalue weighted by Crippen LogP contribution is 2.32. The third-order valence-electron chi connectivity index (χ3n) is 2.20. The molecule has 1 nitrogen and oxygen atoms in total. The summed E-state index contributed by atoms with van der Waals surface area (Å²) in [5, 5.41) is 3.51. The van der Waals surface area contributed by atoms with Gasteiger partial charge in [-0.2, -0.15) is 0 Å². The van der Waals surface area contributed by atoms with Crippen LogP contribution in [0.25, 0.3) is 0 Å². The maximum absolute atomic E-state index is 3.52. The number of aryl methyl sites for hydroxylation is 1. The van der Waals surface area contributed by atoms with Crippen molar-refractivity contribution < 1.29 is 0 Å². The van der Waals surface area contributed by atoms with Crippen LogP contribution in [0.3, 0.4) is 0 Å². The number of rotatable bonds is 5. The summed E-state index contributed by atoms with van der Waals surface area (Å²) in [7, 11) is 0. The summed E-state index contributed by atoms with van der Waals surface area (Å²) in [5.74, 6) is 0. The Hall–Kier alpha value is 0.620. The van der Waals surface area contributed by atoms with Crippen molar-refractivity contribution in [1.82, 2.24) is 5.32 Å². The highest BCUT2D eigenvalue weighted by atomic mass is 79.9. The Morgan fingerprint density at radius 2 is 1.94 bits per heavy atom. The van der Waals surface area contributed by atoms with E-state index < -0.39 is 0 Å². The average Bonchev–Trinajstić information content (AvgIpc) is 2.44. The Morgan fingerprint density at radius 1 is 1.25 bits per heavy atom. The zero-order valence-corrected chi connectivity index (χ0v) is 14.1. The van der Waals surface area contributed by atoms with Gasteiger partial charge in [0.2, 0.25) is 0 Å². The van der Waals surface area contributed by atoms with Crippen molar-refractivity contribution in [2.24, 2.45) is 0 Å². The van der Waals surface area contributed by atoms with Crippen LogP contribution >= 0.6 is 43.2 Å². The molecule has 0 saturated carbocycles. The SMILES string of the molecule is CC(C)(C)NCCCCc1cc(Br)c(Br)s1. The second-order valence-corrected chi connectivity index (χ2v) is 8.28. The van der Waals surface area contributed by atoms with Gasteiger partial charge in [-0.25, -0.2) is 0 Å². The minimum Gasteiger partial charge on any atom is -0.312 e. The molecule has 0 fully saturated rings. The van der Waals surface area contributed by atoms with E-state index in [9.17, 15) is 0 Å². The minimum absolute atomic E-state index is 0.245. The van der Waals surface area contributed by atoms with Gasteiger partial charge in [0.25, 0.3) is 0 Å². The Labute approximate surface area is 119 Å². The molecule has 1 rings (SSSR count). The summed E-state index contributed by atoms with van der Waals surface area (Å²) in [6.45, 7) is 7.73. The van der Waals surface area contributed by atoms with Gasteiger partial charge in [-0.15, -0.1) is 11.3 Å². The molecule has 0 atom stereocenters. The molecule has 92 valence electrons. The van der Waals surface area contributed by atoms with Crippen LogP contribution in [0.1, 0.15) is 38.5 Å². The molecular formula is C12H19Br2NS. The molecule has 0 saturated heterocycles. The lowest BCUT2D eigenvalue weighted by Crippen LogP contribution is -2.36. The fourth-order valence-electron chi connectivity index (χ4n) is 1.40. The van der Waals surface area contributed by atoms with Crippen LogP contribution in [0, 0.1) is 0 Å². The molecular weight excluding hydrogens is 350 g/mol. The Balaban J connectivity index is 2.16. The van der Waals surface area contributed by atoms with E-state index in [1.165, 1.54) is 32.4 Å². The summed E-state index contributed by atoms with van der Waals surface area (Å²) in [4.78, 5) is 1.45. The summed E-state index contributed by atoms with van der Waals surface area (Å²) in [6.07, 6.45) is 3.67. The Kier molecular flexibility index (Phi) is 5.99. The first-order valence-electron chi connectivity index (χ1n) is 5.57. The maximum atomic E-state index is 3.52. The average molecular weight is 369 g/mol. The van der Waals surface area contributed by atoms with Gasteiger partial charge >= 0.3 is 0 Å². The standard InChI is InChI=1S/C12H19Br2NS/c1-12(2,3)15-7-5-4-6-9-8-10(13)11(14)16-9/h8,15H,4-7H2,1-3H3. The third-order valence-corrected chi connectivity index (χ3v) is 5.52. The van der Waals surface area contributed by atoms with E-state index in [1.54, 1.807) is 0 Å². The molecule has 1 aromatic heterocycles. The van der Waals surface area contributed by atoms with E-state index >= 15 is 0 Å². The zero-order valence-electron chi connectivity index (χ0n) is 10.1. The van der Waals surface area contributed by atoms with E-state index in [4.69, 9.17) is 0 Å². The maximum Gasteiger partial charge on any atom is 0.0843 e. The number of unbranched alkanes of at least 4 members (excludes halogenated alkanes) is 1. The number of hydrogen-bond acceptors (Lipinski definition) is 2. The minimum atomic E-state index is 0.245. The second-order valence-electron chi connectivity index (χ2n) is 4.97. The van der Waals surface area contributed by atoms with Crippen LogP contribution in [-0.2, 0) is 6.42 Å². The quantitative estimate of drug-likeness (QED) is 0.722. The van der Waals surface area contributed by atoms with Crippen LogP contribution < -0.4 is 5.32 Å². The third kappa shape index (κ3) is 5.80. The fourth-order valence-corrected chi connectivity index (χ4v) is 3.62. The van der Waals surface area contributed by atoms with Crippen molar-refractivity contribution in [1.29, 1.82) is 0 Å². The topological polar surface area (TPSA) is 12.0 Å². The van der Waals surface area contributed by atoms with Gasteiger partial charge in [0, 0.05) is 14.9 Å². The van der Waals surface area contributed by atoms with Crippen LogP contribution in [0.2, 0.25) is 0 Å². The van der Waals surface area contributed by atoms with Crippen molar-refractivity contribution in [2.75, 3.05) is 6.54 Å². The lowest BCUT2D eigenvalue weighted by molar-refractivity contribution is 0.419. The largest absolute Gasteiger partial charge is 0.312 e. The van der Waals surface area contributed by atoms with Crippen molar-refractivity contribution in [3.63, 3.8) is 0 Å². The first kappa shape index (κ1) is 14.7. The molecule has 0 bridgehead atoms. The summed E-state index contributed by atoms with van der Waals surface area (Å²) in [6, 6.07) is 2.21.